The van der Waals surface area contributed by atoms with Crippen molar-refractivity contribution in [3.05, 3.63) is 53.9 Å². The Bertz CT molecular complexity index is 650. The number of aromatic nitrogens is 1. The van der Waals surface area contributed by atoms with Gasteiger partial charge in [0, 0.05) is 17.9 Å². The summed E-state index contributed by atoms with van der Waals surface area (Å²) >= 11 is 0. The van der Waals surface area contributed by atoms with Crippen molar-refractivity contribution in [2.45, 2.75) is 30.9 Å². The molecular formula is C14H18N2O3S. The van der Waals surface area contributed by atoms with E-state index in [9.17, 15) is 8.42 Å². The summed E-state index contributed by atoms with van der Waals surface area (Å²) in [6, 6.07) is 10.9. The van der Waals surface area contributed by atoms with Crippen molar-refractivity contribution in [2.75, 3.05) is 0 Å². The van der Waals surface area contributed by atoms with E-state index in [1.165, 1.54) is 12.3 Å². The molecule has 0 aliphatic carbocycles. The van der Waals surface area contributed by atoms with Gasteiger partial charge >= 0.3 is 0 Å². The normalized spacial score (nSPS) is 13.3. The average molecular weight is 294 g/mol. The third-order valence-electron chi connectivity index (χ3n) is 2.94. The molecule has 5 nitrogen and oxygen atoms in total. The second kappa shape index (κ2) is 6.21. The fourth-order valence-corrected chi connectivity index (χ4v) is 3.27. The number of aliphatic hydroxyl groups is 1. The lowest BCUT2D eigenvalue weighted by atomic mass is 10.1. The van der Waals surface area contributed by atoms with Crippen LogP contribution in [0.4, 0.5) is 0 Å². The molecule has 1 aromatic heterocycles. The minimum atomic E-state index is -3.56. The van der Waals surface area contributed by atoms with E-state index in [4.69, 9.17) is 5.11 Å². The fourth-order valence-electron chi connectivity index (χ4n) is 2.01. The van der Waals surface area contributed by atoms with Crippen LogP contribution in [-0.4, -0.2) is 24.6 Å². The Hall–Kier alpha value is -1.63. The molecule has 20 heavy (non-hydrogen) atoms. The minimum Gasteiger partial charge on any atom is -0.390 e. The maximum Gasteiger partial charge on any atom is 0.242 e. The highest BCUT2D eigenvalue weighted by Gasteiger charge is 2.18. The van der Waals surface area contributed by atoms with Gasteiger partial charge in [-0.3, -0.25) is 0 Å². The lowest BCUT2D eigenvalue weighted by Gasteiger charge is -2.13. The molecule has 2 rings (SSSR count). The van der Waals surface area contributed by atoms with Crippen molar-refractivity contribution in [1.29, 1.82) is 0 Å². The molecule has 1 unspecified atom stereocenters. The van der Waals surface area contributed by atoms with Crippen molar-refractivity contribution < 1.29 is 13.5 Å². The summed E-state index contributed by atoms with van der Waals surface area (Å²) in [6.07, 6.45) is 2.00. The summed E-state index contributed by atoms with van der Waals surface area (Å²) in [5.41, 5.74) is 1.55. The van der Waals surface area contributed by atoms with E-state index in [2.05, 4.69) is 9.71 Å². The largest absolute Gasteiger partial charge is 0.390 e. The van der Waals surface area contributed by atoms with Gasteiger partial charge in [0.25, 0.3) is 0 Å². The molecule has 3 N–H and O–H groups in total. The minimum absolute atomic E-state index is 0.140. The Morgan fingerprint density at radius 1 is 1.30 bits per heavy atom. The van der Waals surface area contributed by atoms with E-state index < -0.39 is 10.0 Å². The molecule has 0 saturated heterocycles. The predicted octanol–water partition coefficient (Wildman–Crippen LogP) is 1.42. The van der Waals surface area contributed by atoms with E-state index >= 15 is 0 Å². The number of hydrogen-bond acceptors (Lipinski definition) is 3. The molecule has 6 heteroatoms. The fraction of sp³-hybridized carbons (Fsp3) is 0.286. The van der Waals surface area contributed by atoms with Crippen LogP contribution in [0.1, 0.15) is 18.2 Å². The summed E-state index contributed by atoms with van der Waals surface area (Å²) < 4.78 is 26.9. The van der Waals surface area contributed by atoms with E-state index in [1.54, 1.807) is 0 Å². The van der Waals surface area contributed by atoms with Crippen LogP contribution in [0.2, 0.25) is 0 Å². The molecule has 0 aliphatic rings. The summed E-state index contributed by atoms with van der Waals surface area (Å²) in [6.45, 7) is 1.61. The number of rotatable bonds is 6. The zero-order valence-corrected chi connectivity index (χ0v) is 12.0. The van der Waals surface area contributed by atoms with E-state index in [-0.39, 0.29) is 17.5 Å². The van der Waals surface area contributed by atoms with Gasteiger partial charge in [-0.05, 0) is 25.0 Å². The first-order valence-corrected chi connectivity index (χ1v) is 7.84. The number of sulfonamides is 1. The summed E-state index contributed by atoms with van der Waals surface area (Å²) in [7, 11) is -3.56. The average Bonchev–Trinajstić information content (AvgIpc) is 2.88. The van der Waals surface area contributed by atoms with Gasteiger partial charge in [0.05, 0.1) is 11.5 Å². The molecule has 0 aliphatic heterocycles. The van der Waals surface area contributed by atoms with Gasteiger partial charge in [0.2, 0.25) is 10.0 Å². The standard InChI is InChI=1S/C14H18N2O3S/c1-11(7-12-5-3-2-4-6-12)16-20(18,19)14-8-13(10-17)15-9-14/h2-6,8-9,11,15-17H,7,10H2,1H3. The van der Waals surface area contributed by atoms with Crippen molar-refractivity contribution in [1.82, 2.24) is 9.71 Å². The highest BCUT2D eigenvalue weighted by Crippen LogP contribution is 2.12. The zero-order chi connectivity index (χ0) is 14.6. The second-order valence-electron chi connectivity index (χ2n) is 4.73. The Morgan fingerprint density at radius 2 is 2.00 bits per heavy atom. The Kier molecular flexibility index (Phi) is 4.59. The zero-order valence-electron chi connectivity index (χ0n) is 11.2. The molecule has 0 fully saturated rings. The van der Waals surface area contributed by atoms with Gasteiger partial charge in [-0.1, -0.05) is 30.3 Å². The van der Waals surface area contributed by atoms with Gasteiger partial charge in [-0.15, -0.1) is 0 Å². The lowest BCUT2D eigenvalue weighted by molar-refractivity contribution is 0.277. The van der Waals surface area contributed by atoms with E-state index in [1.807, 2.05) is 37.3 Å². The SMILES string of the molecule is CC(Cc1ccccc1)NS(=O)(=O)c1c[nH]c(CO)c1. The first kappa shape index (κ1) is 14.8. The van der Waals surface area contributed by atoms with Gasteiger partial charge in [0.1, 0.15) is 0 Å². The van der Waals surface area contributed by atoms with Crippen LogP contribution in [0.5, 0.6) is 0 Å². The van der Waals surface area contributed by atoms with Crippen molar-refractivity contribution in [3.8, 4) is 0 Å². The molecule has 0 spiro atoms. The van der Waals surface area contributed by atoms with Gasteiger partial charge in [-0.25, -0.2) is 13.1 Å². The molecule has 0 bridgehead atoms. The van der Waals surface area contributed by atoms with Crippen molar-refractivity contribution >= 4 is 10.0 Å². The number of benzene rings is 1. The van der Waals surface area contributed by atoms with Crippen LogP contribution in [0.3, 0.4) is 0 Å². The molecular weight excluding hydrogens is 276 g/mol. The van der Waals surface area contributed by atoms with Gasteiger partial charge in [0.15, 0.2) is 0 Å². The molecule has 0 amide bonds. The molecule has 0 saturated carbocycles. The predicted molar refractivity (Wildman–Crippen MR) is 76.6 cm³/mol. The van der Waals surface area contributed by atoms with Crippen LogP contribution in [-0.2, 0) is 23.1 Å². The molecule has 0 radical (unpaired) electrons. The molecule has 1 aromatic carbocycles. The quantitative estimate of drug-likeness (QED) is 0.753. The van der Waals surface area contributed by atoms with Crippen LogP contribution >= 0.6 is 0 Å². The molecule has 2 aromatic rings. The summed E-state index contributed by atoms with van der Waals surface area (Å²) in [4.78, 5) is 2.86. The Balaban J connectivity index is 2.04. The van der Waals surface area contributed by atoms with Crippen molar-refractivity contribution in [2.24, 2.45) is 0 Å². The number of aliphatic hydroxyl groups excluding tert-OH is 1. The van der Waals surface area contributed by atoms with E-state index in [0.29, 0.717) is 12.1 Å². The lowest BCUT2D eigenvalue weighted by Crippen LogP contribution is -2.33. The van der Waals surface area contributed by atoms with Gasteiger partial charge in [-0.2, -0.15) is 0 Å². The molecule has 1 atom stereocenters. The topological polar surface area (TPSA) is 82.2 Å². The van der Waals surface area contributed by atoms with Crippen LogP contribution in [0, 0.1) is 0 Å². The Morgan fingerprint density at radius 3 is 2.60 bits per heavy atom. The highest BCUT2D eigenvalue weighted by atomic mass is 32.2. The number of nitrogens with one attached hydrogen (secondary N) is 2. The van der Waals surface area contributed by atoms with Crippen molar-refractivity contribution in [3.63, 3.8) is 0 Å². The smallest absolute Gasteiger partial charge is 0.242 e. The number of hydrogen-bond donors (Lipinski definition) is 3. The summed E-state index contributed by atoms with van der Waals surface area (Å²) in [5, 5.41) is 8.95. The van der Waals surface area contributed by atoms with Crippen LogP contribution in [0.25, 0.3) is 0 Å². The number of aromatic amines is 1. The van der Waals surface area contributed by atoms with E-state index in [0.717, 1.165) is 5.56 Å². The van der Waals surface area contributed by atoms with Crippen LogP contribution in [0.15, 0.2) is 47.5 Å². The van der Waals surface area contributed by atoms with Gasteiger partial charge < -0.3 is 10.1 Å². The maximum atomic E-state index is 12.1. The van der Waals surface area contributed by atoms with Crippen LogP contribution < -0.4 is 4.72 Å². The molecule has 108 valence electrons. The maximum absolute atomic E-state index is 12.1. The highest BCUT2D eigenvalue weighted by molar-refractivity contribution is 7.89. The monoisotopic (exact) mass is 294 g/mol. The number of H-pyrrole nitrogens is 1. The first-order valence-electron chi connectivity index (χ1n) is 6.35. The third kappa shape index (κ3) is 3.69. The second-order valence-corrected chi connectivity index (χ2v) is 6.44. The third-order valence-corrected chi connectivity index (χ3v) is 4.51. The first-order chi connectivity index (χ1) is 9.51. The summed E-state index contributed by atoms with van der Waals surface area (Å²) in [5.74, 6) is 0. The Labute approximate surface area is 118 Å². The molecule has 1 heterocycles.